The minimum atomic E-state index is -0.879. The standard InChI is InChI=1S/C13H17NO4/c1-2-18-11-5-3-10(4-6-11)12(15)9-14-8-7-13(16)17/h3-6,14H,2,7-9H2,1H3,(H,16,17). The fourth-order valence-electron chi connectivity index (χ4n) is 1.40. The molecule has 0 atom stereocenters. The van der Waals surface area contributed by atoms with Crippen LogP contribution in [0.25, 0.3) is 0 Å². The van der Waals surface area contributed by atoms with E-state index in [0.29, 0.717) is 12.2 Å². The van der Waals surface area contributed by atoms with Crippen LogP contribution in [-0.2, 0) is 4.79 Å². The number of ether oxygens (including phenoxy) is 1. The molecular weight excluding hydrogens is 234 g/mol. The van der Waals surface area contributed by atoms with Gasteiger partial charge in [-0.3, -0.25) is 9.59 Å². The second-order valence-corrected chi connectivity index (χ2v) is 3.70. The van der Waals surface area contributed by atoms with Crippen molar-refractivity contribution >= 4 is 11.8 Å². The van der Waals surface area contributed by atoms with E-state index in [4.69, 9.17) is 9.84 Å². The number of ketones is 1. The highest BCUT2D eigenvalue weighted by Crippen LogP contribution is 2.12. The third kappa shape index (κ3) is 4.97. The van der Waals surface area contributed by atoms with Gasteiger partial charge in [-0.15, -0.1) is 0 Å². The lowest BCUT2D eigenvalue weighted by atomic mass is 10.1. The first kappa shape index (κ1) is 14.2. The fourth-order valence-corrected chi connectivity index (χ4v) is 1.40. The van der Waals surface area contributed by atoms with Gasteiger partial charge in [0.2, 0.25) is 0 Å². The van der Waals surface area contributed by atoms with Gasteiger partial charge in [0.25, 0.3) is 0 Å². The summed E-state index contributed by atoms with van der Waals surface area (Å²) in [7, 11) is 0. The number of aliphatic carboxylic acids is 1. The number of carboxylic acid groups (broad SMARTS) is 1. The minimum absolute atomic E-state index is 0.0105. The van der Waals surface area contributed by atoms with Gasteiger partial charge >= 0.3 is 5.97 Å². The van der Waals surface area contributed by atoms with E-state index in [0.717, 1.165) is 5.75 Å². The van der Waals surface area contributed by atoms with Gasteiger partial charge in [0.1, 0.15) is 5.75 Å². The van der Waals surface area contributed by atoms with E-state index in [2.05, 4.69) is 5.32 Å². The number of carboxylic acids is 1. The van der Waals surface area contributed by atoms with Crippen LogP contribution in [0.1, 0.15) is 23.7 Å². The molecule has 0 spiro atoms. The number of hydrogen-bond donors (Lipinski definition) is 2. The Bertz CT molecular complexity index is 400. The molecule has 0 heterocycles. The zero-order valence-electron chi connectivity index (χ0n) is 10.3. The van der Waals surface area contributed by atoms with Crippen molar-refractivity contribution in [3.63, 3.8) is 0 Å². The van der Waals surface area contributed by atoms with Gasteiger partial charge in [0, 0.05) is 12.1 Å². The van der Waals surface area contributed by atoms with Gasteiger partial charge in [-0.25, -0.2) is 0 Å². The first-order valence-electron chi connectivity index (χ1n) is 5.82. The second kappa shape index (κ2) is 7.45. The van der Waals surface area contributed by atoms with Crippen LogP contribution in [0.5, 0.6) is 5.75 Å². The van der Waals surface area contributed by atoms with Crippen molar-refractivity contribution < 1.29 is 19.4 Å². The normalized spacial score (nSPS) is 10.1. The average Bonchev–Trinajstić information content (AvgIpc) is 2.35. The van der Waals surface area contributed by atoms with E-state index >= 15 is 0 Å². The number of benzene rings is 1. The molecule has 0 unspecified atom stereocenters. The maximum Gasteiger partial charge on any atom is 0.304 e. The van der Waals surface area contributed by atoms with E-state index < -0.39 is 5.97 Å². The summed E-state index contributed by atoms with van der Waals surface area (Å²) in [5, 5.41) is 11.2. The van der Waals surface area contributed by atoms with Gasteiger partial charge in [0.05, 0.1) is 19.6 Å². The van der Waals surface area contributed by atoms with Crippen molar-refractivity contribution in [1.82, 2.24) is 5.32 Å². The molecule has 18 heavy (non-hydrogen) atoms. The molecule has 0 aromatic heterocycles. The lowest BCUT2D eigenvalue weighted by Crippen LogP contribution is -2.25. The lowest BCUT2D eigenvalue weighted by Gasteiger charge is -2.05. The molecule has 1 aromatic carbocycles. The summed E-state index contributed by atoms with van der Waals surface area (Å²) in [6.45, 7) is 2.91. The SMILES string of the molecule is CCOc1ccc(C(=O)CNCCC(=O)O)cc1. The van der Waals surface area contributed by atoms with Crippen LogP contribution in [-0.4, -0.2) is 36.6 Å². The Hall–Kier alpha value is -1.88. The zero-order valence-corrected chi connectivity index (χ0v) is 10.3. The topological polar surface area (TPSA) is 75.6 Å². The Balaban J connectivity index is 2.39. The molecule has 0 saturated carbocycles. The highest BCUT2D eigenvalue weighted by molar-refractivity contribution is 5.97. The maximum absolute atomic E-state index is 11.7. The number of Topliss-reactive ketones (excluding diaryl/α,β-unsaturated/α-hetero) is 1. The molecule has 0 aliphatic heterocycles. The van der Waals surface area contributed by atoms with Crippen LogP contribution in [0, 0.1) is 0 Å². The zero-order chi connectivity index (χ0) is 13.4. The maximum atomic E-state index is 11.7. The molecule has 0 bridgehead atoms. The summed E-state index contributed by atoms with van der Waals surface area (Å²) >= 11 is 0. The molecule has 1 aromatic rings. The van der Waals surface area contributed by atoms with Crippen molar-refractivity contribution in [1.29, 1.82) is 0 Å². The van der Waals surface area contributed by atoms with Crippen molar-refractivity contribution in [3.05, 3.63) is 29.8 Å². The number of rotatable bonds is 8. The first-order valence-corrected chi connectivity index (χ1v) is 5.82. The third-order valence-electron chi connectivity index (χ3n) is 2.29. The molecule has 0 radical (unpaired) electrons. The Morgan fingerprint density at radius 2 is 1.94 bits per heavy atom. The Labute approximate surface area is 106 Å². The van der Waals surface area contributed by atoms with Crippen LogP contribution >= 0.6 is 0 Å². The molecule has 5 nitrogen and oxygen atoms in total. The molecule has 0 aliphatic carbocycles. The van der Waals surface area contributed by atoms with E-state index in [-0.39, 0.29) is 25.3 Å². The van der Waals surface area contributed by atoms with Crippen molar-refractivity contribution in [3.8, 4) is 5.75 Å². The van der Waals surface area contributed by atoms with Crippen LogP contribution in [0.3, 0.4) is 0 Å². The van der Waals surface area contributed by atoms with Gasteiger partial charge < -0.3 is 15.2 Å². The van der Waals surface area contributed by atoms with Crippen molar-refractivity contribution in [2.45, 2.75) is 13.3 Å². The monoisotopic (exact) mass is 251 g/mol. The highest BCUT2D eigenvalue weighted by Gasteiger charge is 2.05. The molecular formula is C13H17NO4. The number of carbonyl (C=O) groups is 2. The van der Waals surface area contributed by atoms with Crippen LogP contribution in [0.15, 0.2) is 24.3 Å². The second-order valence-electron chi connectivity index (χ2n) is 3.70. The summed E-state index contributed by atoms with van der Waals surface area (Å²) in [5.74, 6) is -0.215. The quantitative estimate of drug-likeness (QED) is 0.538. The minimum Gasteiger partial charge on any atom is -0.494 e. The van der Waals surface area contributed by atoms with E-state index in [1.165, 1.54) is 0 Å². The van der Waals surface area contributed by atoms with Gasteiger partial charge in [-0.2, -0.15) is 0 Å². The Morgan fingerprint density at radius 1 is 1.28 bits per heavy atom. The van der Waals surface area contributed by atoms with Crippen LogP contribution < -0.4 is 10.1 Å². The molecule has 0 saturated heterocycles. The molecule has 2 N–H and O–H groups in total. The molecule has 5 heteroatoms. The molecule has 0 fully saturated rings. The number of nitrogens with one attached hydrogen (secondary N) is 1. The smallest absolute Gasteiger partial charge is 0.304 e. The molecule has 1 rings (SSSR count). The van der Waals surface area contributed by atoms with Gasteiger partial charge in [0.15, 0.2) is 5.78 Å². The van der Waals surface area contributed by atoms with E-state index in [1.807, 2.05) is 6.92 Å². The highest BCUT2D eigenvalue weighted by atomic mass is 16.5. The Kier molecular flexibility index (Phi) is 5.87. The lowest BCUT2D eigenvalue weighted by molar-refractivity contribution is -0.136. The summed E-state index contributed by atoms with van der Waals surface area (Å²) in [6.07, 6.45) is 0.0105. The largest absolute Gasteiger partial charge is 0.494 e. The van der Waals surface area contributed by atoms with Crippen molar-refractivity contribution in [2.75, 3.05) is 19.7 Å². The first-order chi connectivity index (χ1) is 8.63. The average molecular weight is 251 g/mol. The number of carbonyl (C=O) groups excluding carboxylic acids is 1. The summed E-state index contributed by atoms with van der Waals surface area (Å²) < 4.78 is 5.27. The predicted molar refractivity (Wildman–Crippen MR) is 67.1 cm³/mol. The molecule has 98 valence electrons. The summed E-state index contributed by atoms with van der Waals surface area (Å²) in [4.78, 5) is 22.0. The van der Waals surface area contributed by atoms with Crippen LogP contribution in [0.4, 0.5) is 0 Å². The van der Waals surface area contributed by atoms with Crippen molar-refractivity contribution in [2.24, 2.45) is 0 Å². The van der Waals surface area contributed by atoms with E-state index in [9.17, 15) is 9.59 Å². The van der Waals surface area contributed by atoms with E-state index in [1.54, 1.807) is 24.3 Å². The third-order valence-corrected chi connectivity index (χ3v) is 2.29. The van der Waals surface area contributed by atoms with Gasteiger partial charge in [-0.1, -0.05) is 0 Å². The number of hydrogen-bond acceptors (Lipinski definition) is 4. The van der Waals surface area contributed by atoms with Gasteiger partial charge in [-0.05, 0) is 31.2 Å². The fraction of sp³-hybridized carbons (Fsp3) is 0.385. The summed E-state index contributed by atoms with van der Waals surface area (Å²) in [6, 6.07) is 6.89. The predicted octanol–water partition coefficient (Wildman–Crippen LogP) is 1.33. The Morgan fingerprint density at radius 3 is 2.50 bits per heavy atom. The van der Waals surface area contributed by atoms with Crippen LogP contribution in [0.2, 0.25) is 0 Å². The molecule has 0 amide bonds. The summed E-state index contributed by atoms with van der Waals surface area (Å²) in [5.41, 5.74) is 0.585. The molecule has 0 aliphatic rings.